The van der Waals surface area contributed by atoms with Gasteiger partial charge in [-0.1, -0.05) is 152 Å². The molecule has 5 N–H and O–H groups in total. The minimum absolute atomic E-state index is 0.0147. The van der Waals surface area contributed by atoms with Crippen LogP contribution in [0.4, 0.5) is 22.0 Å². The molecule has 28 heteroatoms. The molecule has 5 aromatic heterocycles. The SMILES string of the molecule is CC(C)NC(=O)c1[nH]c(CF)cc(=O)c1OCc1ccccc1.CC(C)NC(=O)c1oc(CF)cc(=O)c1OCc1ccccc1.O=C(O)c1oc(CF)cc(=O)c1OCc1ccccc1.O=Cc1oc(CF)cc(=O)c1OCc1ccccc1.O=c1cc(CF)oc(CO)c1OCc1ccccc1. The highest BCUT2D eigenvalue weighted by Crippen LogP contribution is 2.23. The third kappa shape index (κ3) is 25.3. The van der Waals surface area contributed by atoms with Crippen LogP contribution in [0.15, 0.2) is 224 Å². The Balaban J connectivity index is 0.000000204. The number of halogens is 5. The van der Waals surface area contributed by atoms with Crippen LogP contribution in [-0.2, 0) is 73.0 Å². The highest BCUT2D eigenvalue weighted by molar-refractivity contribution is 5.95. The molecule has 0 radical (unpaired) electrons. The van der Waals surface area contributed by atoms with E-state index in [0.29, 0.717) is 6.29 Å². The summed E-state index contributed by atoms with van der Waals surface area (Å²) in [6.45, 7) is 2.39. The topological polar surface area (TPSA) is 333 Å². The second kappa shape index (κ2) is 42.0. The van der Waals surface area contributed by atoms with E-state index in [1.54, 1.807) is 52.0 Å². The zero-order valence-corrected chi connectivity index (χ0v) is 56.5. The first-order valence-electron chi connectivity index (χ1n) is 31.6. The first-order chi connectivity index (χ1) is 50.1. The van der Waals surface area contributed by atoms with Crippen LogP contribution < -0.4 is 61.5 Å². The van der Waals surface area contributed by atoms with Crippen molar-refractivity contribution in [3.8, 4) is 28.7 Å². The van der Waals surface area contributed by atoms with Gasteiger partial charge in [0.1, 0.15) is 96.1 Å². The maximum atomic E-state index is 12.9. The summed E-state index contributed by atoms with van der Waals surface area (Å²) in [7, 11) is 0. The number of benzene rings is 5. The molecule has 0 atom stereocenters. The van der Waals surface area contributed by atoms with Crippen LogP contribution in [0.5, 0.6) is 28.7 Å². The summed E-state index contributed by atoms with van der Waals surface area (Å²) < 4.78 is 110. The largest absolute Gasteiger partial charge is 0.483 e. The molecule has 5 heterocycles. The molecular weight excluding hydrogens is 1370 g/mol. The van der Waals surface area contributed by atoms with Crippen molar-refractivity contribution in [2.24, 2.45) is 0 Å². The molecule has 10 rings (SSSR count). The van der Waals surface area contributed by atoms with Crippen molar-refractivity contribution in [3.63, 3.8) is 0 Å². The monoisotopic (exact) mass is 1440 g/mol. The van der Waals surface area contributed by atoms with E-state index < -0.39 is 96.4 Å². The Hall–Kier alpha value is -12.5. The number of carboxylic acid groups (broad SMARTS) is 1. The molecule has 5 aromatic carbocycles. The summed E-state index contributed by atoms with van der Waals surface area (Å²) in [4.78, 5) is 108. The number of amides is 2. The number of carboxylic acids is 1. The predicted octanol–water partition coefficient (Wildman–Crippen LogP) is 12.5. The lowest BCUT2D eigenvalue weighted by atomic mass is 10.2. The Kier molecular flexibility index (Phi) is 32.5. The molecule has 0 aliphatic rings. The third-order valence-electron chi connectivity index (χ3n) is 13.5. The van der Waals surface area contributed by atoms with Gasteiger partial charge in [-0.3, -0.25) is 38.4 Å². The van der Waals surface area contributed by atoms with E-state index in [9.17, 15) is 65.1 Å². The third-order valence-corrected chi connectivity index (χ3v) is 13.5. The number of hydrogen-bond acceptors (Lipinski definition) is 19. The molecule has 546 valence electrons. The Labute approximate surface area is 590 Å². The number of alkyl halides is 5. The number of carbonyl (C=O) groups is 4. The van der Waals surface area contributed by atoms with E-state index in [-0.39, 0.29) is 120 Å². The fourth-order valence-corrected chi connectivity index (χ4v) is 8.78. The number of aldehydes is 1. The molecule has 23 nitrogen and oxygen atoms in total. The normalized spacial score (nSPS) is 10.4. The van der Waals surface area contributed by atoms with Gasteiger partial charge in [0, 0.05) is 42.4 Å². The minimum Gasteiger partial charge on any atom is -0.483 e. The fourth-order valence-electron chi connectivity index (χ4n) is 8.78. The zero-order chi connectivity index (χ0) is 75.5. The van der Waals surface area contributed by atoms with Gasteiger partial charge in [0.2, 0.25) is 61.7 Å². The second-order valence-electron chi connectivity index (χ2n) is 22.3. The molecule has 0 bridgehead atoms. The quantitative estimate of drug-likeness (QED) is 0.0236. The second-order valence-corrected chi connectivity index (χ2v) is 22.3. The van der Waals surface area contributed by atoms with Crippen molar-refractivity contribution >= 4 is 24.1 Å². The first-order valence-corrected chi connectivity index (χ1v) is 31.6. The fraction of sp³-hybridized carbons (Fsp3) is 0.224. The Morgan fingerprint density at radius 2 is 0.740 bits per heavy atom. The van der Waals surface area contributed by atoms with Crippen molar-refractivity contribution in [1.29, 1.82) is 0 Å². The number of pyridine rings is 1. The van der Waals surface area contributed by atoms with Gasteiger partial charge in [-0.2, -0.15) is 0 Å². The Morgan fingerprint density at radius 1 is 0.423 bits per heavy atom. The lowest BCUT2D eigenvalue weighted by Crippen LogP contribution is -2.32. The van der Waals surface area contributed by atoms with Crippen molar-refractivity contribution in [2.45, 2.75) is 113 Å². The standard InChI is InChI=1S/C17H19FN2O3.C17H18FNO4.C14H11FO5.C14H13FO4.C14H11FO4/c1-11(2)19-17(22)15-16(14(21)8-13(9-18)20-15)23-10-12-6-4-3-5-7-12;1-11(2)19-17(21)16-15(14(20)8-13(9-18)23-16)22-10-12-6-4-3-5-7-12;15-7-10-6-11(16)12(13(20-10)14(17)18)19-8-9-4-2-1-3-5-9;2*15-7-11-6-12(17)14(13(8-16)19-11)18-9-10-4-2-1-3-5-10/h3-8,11H,9-10H2,1-2H3,(H,19,22)(H,20,21);3-8,11H,9-10H2,1-2H3,(H,19,21);1-6H,7-8H2,(H,17,18);1-6,16H,7-9H2;1-6,8H,7,9H2. The molecule has 104 heavy (non-hydrogen) atoms. The molecule has 0 saturated heterocycles. The number of aromatic amines is 1. The number of hydrogen-bond donors (Lipinski definition) is 5. The molecular formula is C76H72F5N3O20. The van der Waals surface area contributed by atoms with Crippen molar-refractivity contribution in [1.82, 2.24) is 15.6 Å². The summed E-state index contributed by atoms with van der Waals surface area (Å²) in [5.74, 6) is -5.88. The van der Waals surface area contributed by atoms with E-state index >= 15 is 0 Å². The highest BCUT2D eigenvalue weighted by Gasteiger charge is 2.24. The number of carbonyl (C=O) groups excluding carboxylic acids is 3. The summed E-state index contributed by atoms with van der Waals surface area (Å²) in [5, 5.41) is 23.4. The number of ether oxygens (including phenoxy) is 5. The molecule has 0 spiro atoms. The van der Waals surface area contributed by atoms with Crippen molar-refractivity contribution in [2.75, 3.05) is 0 Å². The molecule has 0 unspecified atom stereocenters. The number of aromatic carboxylic acids is 1. The van der Waals surface area contributed by atoms with Crippen LogP contribution in [0, 0.1) is 0 Å². The molecule has 0 saturated carbocycles. The van der Waals surface area contributed by atoms with Gasteiger partial charge in [0.05, 0.1) is 5.69 Å². The van der Waals surface area contributed by atoms with Gasteiger partial charge < -0.3 is 67.2 Å². The van der Waals surface area contributed by atoms with E-state index in [2.05, 4.69) is 15.6 Å². The number of aliphatic hydroxyl groups excluding tert-OH is 1. The van der Waals surface area contributed by atoms with Gasteiger partial charge in [-0.05, 0) is 55.5 Å². The molecule has 2 amide bonds. The maximum Gasteiger partial charge on any atom is 0.375 e. The summed E-state index contributed by atoms with van der Waals surface area (Å²) in [6.07, 6.45) is 0.334. The van der Waals surface area contributed by atoms with E-state index in [0.717, 1.165) is 58.1 Å². The van der Waals surface area contributed by atoms with Crippen LogP contribution in [-0.4, -0.2) is 51.4 Å². The van der Waals surface area contributed by atoms with Crippen LogP contribution in [0.1, 0.15) is 132 Å². The Bertz CT molecular complexity index is 4580. The number of H-pyrrole nitrogens is 1. The van der Waals surface area contributed by atoms with E-state index in [1.807, 2.05) is 127 Å². The Morgan fingerprint density at radius 3 is 1.11 bits per heavy atom. The highest BCUT2D eigenvalue weighted by atomic mass is 19.1. The van der Waals surface area contributed by atoms with Gasteiger partial charge >= 0.3 is 5.97 Å². The molecule has 10 aromatic rings. The van der Waals surface area contributed by atoms with E-state index in [4.69, 9.17) is 51.6 Å². The number of aliphatic hydroxyl groups is 1. The van der Waals surface area contributed by atoms with Crippen molar-refractivity contribution < 1.29 is 92.7 Å². The minimum atomic E-state index is -1.49. The molecule has 0 aliphatic heterocycles. The number of aromatic nitrogens is 1. The van der Waals surface area contributed by atoms with Crippen LogP contribution in [0.2, 0.25) is 0 Å². The number of nitrogens with one attached hydrogen (secondary N) is 3. The number of rotatable bonds is 27. The average Bonchev–Trinajstić information content (AvgIpc) is 0.804. The summed E-state index contributed by atoms with van der Waals surface area (Å²) >= 11 is 0. The van der Waals surface area contributed by atoms with Gasteiger partial charge in [-0.15, -0.1) is 0 Å². The van der Waals surface area contributed by atoms with Crippen LogP contribution in [0.3, 0.4) is 0 Å². The zero-order valence-electron chi connectivity index (χ0n) is 56.5. The lowest BCUT2D eigenvalue weighted by Gasteiger charge is -2.14. The first kappa shape index (κ1) is 80.5. The van der Waals surface area contributed by atoms with E-state index in [1.165, 1.54) is 0 Å². The van der Waals surface area contributed by atoms with Crippen LogP contribution >= 0.6 is 0 Å². The molecule has 0 aliphatic carbocycles. The average molecular weight is 1440 g/mol. The molecule has 0 fully saturated rings. The summed E-state index contributed by atoms with van der Waals surface area (Å²) in [5.41, 5.74) is 1.23. The van der Waals surface area contributed by atoms with Crippen molar-refractivity contribution in [3.05, 3.63) is 318 Å². The maximum absolute atomic E-state index is 12.9. The predicted molar refractivity (Wildman–Crippen MR) is 368 cm³/mol. The van der Waals surface area contributed by atoms with Crippen LogP contribution in [0.25, 0.3) is 0 Å². The van der Waals surface area contributed by atoms with Gasteiger partial charge in [0.25, 0.3) is 17.6 Å². The smallest absolute Gasteiger partial charge is 0.375 e. The van der Waals surface area contributed by atoms with Gasteiger partial charge in [0.15, 0.2) is 23.5 Å². The van der Waals surface area contributed by atoms with Gasteiger partial charge in [-0.25, -0.2) is 26.7 Å². The lowest BCUT2D eigenvalue weighted by molar-refractivity contribution is 0.0645. The summed E-state index contributed by atoms with van der Waals surface area (Å²) in [6, 6.07) is 50.4.